The Morgan fingerprint density at radius 3 is 3.08 bits per heavy atom. The van der Waals surface area contributed by atoms with E-state index in [1.54, 1.807) is 17.5 Å². The predicted octanol–water partition coefficient (Wildman–Crippen LogP) is 1.82. The Hall–Kier alpha value is -2.53. The van der Waals surface area contributed by atoms with E-state index >= 15 is 0 Å². The number of thioether (sulfide) groups is 1. The van der Waals surface area contributed by atoms with E-state index < -0.39 is 0 Å². The monoisotopic (exact) mass is 360 g/mol. The Morgan fingerprint density at radius 2 is 2.25 bits per heavy atom. The van der Waals surface area contributed by atoms with Crippen LogP contribution in [0.4, 0.5) is 0 Å². The van der Waals surface area contributed by atoms with Gasteiger partial charge in [0.25, 0.3) is 5.22 Å². The van der Waals surface area contributed by atoms with Crippen LogP contribution in [0, 0.1) is 0 Å². The van der Waals surface area contributed by atoms with E-state index in [9.17, 15) is 0 Å². The Morgan fingerprint density at radius 1 is 1.25 bits per heavy atom. The van der Waals surface area contributed by atoms with Crippen molar-refractivity contribution < 1.29 is 4.42 Å². The van der Waals surface area contributed by atoms with Crippen molar-refractivity contribution in [2.45, 2.75) is 18.3 Å². The first-order chi connectivity index (χ1) is 11.9. The average Bonchev–Trinajstić information content (AvgIpc) is 3.37. The smallest absolute Gasteiger partial charge is 0.276 e. The van der Waals surface area contributed by atoms with Crippen molar-refractivity contribution in [3.05, 3.63) is 41.2 Å². The third kappa shape index (κ3) is 3.51. The van der Waals surface area contributed by atoms with Crippen molar-refractivity contribution >= 4 is 23.1 Å². The van der Waals surface area contributed by atoms with Gasteiger partial charge in [0.1, 0.15) is 6.54 Å². The SMILES string of the molecule is c1cnn(CCSc2nnc(Cn3nnc(-c4ccsc4)n3)o2)c1. The summed E-state index contributed by atoms with van der Waals surface area (Å²) in [6.45, 7) is 1.08. The maximum atomic E-state index is 5.59. The van der Waals surface area contributed by atoms with Crippen molar-refractivity contribution in [1.82, 2.24) is 40.2 Å². The molecule has 0 radical (unpaired) electrons. The molecule has 4 rings (SSSR count). The molecule has 0 saturated heterocycles. The highest BCUT2D eigenvalue weighted by Gasteiger charge is 2.11. The fourth-order valence-electron chi connectivity index (χ4n) is 1.96. The summed E-state index contributed by atoms with van der Waals surface area (Å²) >= 11 is 3.08. The lowest BCUT2D eigenvalue weighted by Gasteiger charge is -1.97. The molecule has 9 nitrogen and oxygen atoms in total. The van der Waals surface area contributed by atoms with E-state index in [-0.39, 0.29) is 0 Å². The topological polar surface area (TPSA) is 100 Å². The predicted molar refractivity (Wildman–Crippen MR) is 87.5 cm³/mol. The molecule has 0 aromatic carbocycles. The number of tetrazole rings is 1. The van der Waals surface area contributed by atoms with Crippen LogP contribution in [0.2, 0.25) is 0 Å². The standard InChI is InChI=1S/C13H12N8OS2/c1-3-14-20(4-1)5-7-24-13-17-15-11(22-13)8-21-18-12(16-19-21)10-2-6-23-9-10/h1-4,6,9H,5,7-8H2. The lowest BCUT2D eigenvalue weighted by Crippen LogP contribution is -2.04. The number of nitrogens with zero attached hydrogens (tertiary/aromatic N) is 8. The fraction of sp³-hybridized carbons (Fsp3) is 0.231. The van der Waals surface area contributed by atoms with Crippen LogP contribution in [0.1, 0.15) is 5.89 Å². The van der Waals surface area contributed by atoms with E-state index in [4.69, 9.17) is 4.42 Å². The molecule has 4 aromatic rings. The molecule has 0 aliphatic heterocycles. The molecule has 24 heavy (non-hydrogen) atoms. The largest absolute Gasteiger partial charge is 0.414 e. The summed E-state index contributed by atoms with van der Waals surface area (Å²) in [5.74, 6) is 1.84. The number of hydrogen-bond donors (Lipinski definition) is 0. The molecule has 0 unspecified atom stereocenters. The minimum absolute atomic E-state index is 0.295. The number of aromatic nitrogens is 8. The average molecular weight is 360 g/mol. The molecule has 0 bridgehead atoms. The molecule has 0 aliphatic carbocycles. The maximum absolute atomic E-state index is 5.59. The summed E-state index contributed by atoms with van der Waals surface area (Å²) in [7, 11) is 0. The van der Waals surface area contributed by atoms with Crippen molar-refractivity contribution in [1.29, 1.82) is 0 Å². The van der Waals surface area contributed by atoms with Crippen molar-refractivity contribution in [3.8, 4) is 11.4 Å². The molecular weight excluding hydrogens is 348 g/mol. The molecule has 4 heterocycles. The minimum atomic E-state index is 0.295. The number of hydrogen-bond acceptors (Lipinski definition) is 9. The molecule has 0 amide bonds. The zero-order valence-corrected chi connectivity index (χ0v) is 14.0. The van der Waals surface area contributed by atoms with Crippen molar-refractivity contribution in [3.63, 3.8) is 0 Å². The fourth-order valence-corrected chi connectivity index (χ4v) is 3.30. The first-order valence-corrected chi connectivity index (χ1v) is 9.03. The van der Waals surface area contributed by atoms with E-state index in [2.05, 4.69) is 30.7 Å². The lowest BCUT2D eigenvalue weighted by molar-refractivity contribution is 0.385. The Balaban J connectivity index is 1.33. The second kappa shape index (κ2) is 6.93. The number of thiophene rings is 1. The van der Waals surface area contributed by atoms with Crippen LogP contribution in [0.5, 0.6) is 0 Å². The summed E-state index contributed by atoms with van der Waals surface area (Å²) in [6.07, 6.45) is 3.67. The van der Waals surface area contributed by atoms with Gasteiger partial charge in [-0.3, -0.25) is 4.68 Å². The lowest BCUT2D eigenvalue weighted by atomic mass is 10.3. The van der Waals surface area contributed by atoms with Crippen LogP contribution in [0.15, 0.2) is 44.9 Å². The highest BCUT2D eigenvalue weighted by molar-refractivity contribution is 7.99. The Labute approximate surface area is 144 Å². The third-order valence-corrected chi connectivity index (χ3v) is 4.54. The normalized spacial score (nSPS) is 11.2. The molecule has 4 aromatic heterocycles. The van der Waals surface area contributed by atoms with Gasteiger partial charge in [0, 0.05) is 29.1 Å². The van der Waals surface area contributed by atoms with Crippen LogP contribution in [-0.4, -0.2) is 45.9 Å². The molecule has 122 valence electrons. The van der Waals surface area contributed by atoms with Crippen molar-refractivity contribution in [2.75, 3.05) is 5.75 Å². The van der Waals surface area contributed by atoms with Crippen LogP contribution in [0.3, 0.4) is 0 Å². The van der Waals surface area contributed by atoms with Crippen LogP contribution in [0.25, 0.3) is 11.4 Å². The molecule has 11 heteroatoms. The molecule has 0 N–H and O–H groups in total. The summed E-state index contributed by atoms with van der Waals surface area (Å²) in [4.78, 5) is 1.44. The maximum Gasteiger partial charge on any atom is 0.276 e. The second-order valence-corrected chi connectivity index (χ2v) is 6.56. The van der Waals surface area contributed by atoms with Gasteiger partial charge in [0.2, 0.25) is 11.7 Å². The molecule has 0 aliphatic rings. The summed E-state index contributed by atoms with van der Waals surface area (Å²) in [5.41, 5.74) is 0.951. The van der Waals surface area contributed by atoms with Crippen molar-refractivity contribution in [2.24, 2.45) is 0 Å². The van der Waals surface area contributed by atoms with Gasteiger partial charge in [-0.1, -0.05) is 11.8 Å². The zero-order valence-electron chi connectivity index (χ0n) is 12.4. The van der Waals surface area contributed by atoms with Crippen LogP contribution >= 0.6 is 23.1 Å². The summed E-state index contributed by atoms with van der Waals surface area (Å²) in [5, 5.41) is 29.0. The quantitative estimate of drug-likeness (QED) is 0.460. The van der Waals surface area contributed by atoms with Gasteiger partial charge in [0.05, 0.1) is 6.54 Å². The van der Waals surface area contributed by atoms with Gasteiger partial charge >= 0.3 is 0 Å². The molecular formula is C13H12N8OS2. The van der Waals surface area contributed by atoms with E-state index in [0.29, 0.717) is 23.5 Å². The highest BCUT2D eigenvalue weighted by atomic mass is 32.2. The molecule has 0 fully saturated rings. The second-order valence-electron chi connectivity index (χ2n) is 4.73. The molecule has 0 saturated carbocycles. The van der Waals surface area contributed by atoms with Crippen LogP contribution in [-0.2, 0) is 13.1 Å². The third-order valence-electron chi connectivity index (χ3n) is 3.06. The van der Waals surface area contributed by atoms with Gasteiger partial charge in [-0.05, 0) is 22.7 Å². The Kier molecular flexibility index (Phi) is 4.34. The van der Waals surface area contributed by atoms with E-state index in [1.807, 2.05) is 33.8 Å². The first kappa shape index (κ1) is 15.0. The van der Waals surface area contributed by atoms with Gasteiger partial charge in [0.15, 0.2) is 0 Å². The minimum Gasteiger partial charge on any atom is -0.414 e. The molecule has 0 spiro atoms. The number of rotatable bonds is 7. The Bertz CT molecular complexity index is 883. The van der Waals surface area contributed by atoms with Crippen LogP contribution < -0.4 is 0 Å². The van der Waals surface area contributed by atoms with Gasteiger partial charge in [-0.15, -0.1) is 20.4 Å². The summed E-state index contributed by atoms with van der Waals surface area (Å²) in [6, 6.07) is 3.85. The summed E-state index contributed by atoms with van der Waals surface area (Å²) < 4.78 is 7.45. The van der Waals surface area contributed by atoms with Gasteiger partial charge in [-0.25, -0.2) is 0 Å². The van der Waals surface area contributed by atoms with Gasteiger partial charge in [-0.2, -0.15) is 21.2 Å². The van der Waals surface area contributed by atoms with E-state index in [1.165, 1.54) is 16.6 Å². The molecule has 0 atom stereocenters. The highest BCUT2D eigenvalue weighted by Crippen LogP contribution is 2.18. The van der Waals surface area contributed by atoms with Gasteiger partial charge < -0.3 is 4.42 Å². The zero-order chi connectivity index (χ0) is 16.2. The van der Waals surface area contributed by atoms with E-state index in [0.717, 1.165) is 17.9 Å². The number of aryl methyl sites for hydroxylation is 1. The first-order valence-electron chi connectivity index (χ1n) is 7.10.